The second-order valence-corrected chi connectivity index (χ2v) is 4.19. The third kappa shape index (κ3) is 3.19. The van der Waals surface area contributed by atoms with Crippen LogP contribution in [0.2, 0.25) is 0 Å². The molecule has 0 fully saturated rings. The number of benzene rings is 1. The zero-order valence-electron chi connectivity index (χ0n) is 10.6. The van der Waals surface area contributed by atoms with Crippen molar-refractivity contribution in [3.05, 3.63) is 53.9 Å². The highest BCUT2D eigenvalue weighted by molar-refractivity contribution is 5.79. The standard InChI is InChI=1S/C14H14N4O/c1-11(18-7-3-6-17-18)14(19)16-10-13-5-2-4-12(8-13)9-15/h2-8,11H,10H2,1H3,(H,16,19)/t11-/m0/s1. The Balaban J connectivity index is 1.95. The van der Waals surface area contributed by atoms with Gasteiger partial charge in [-0.25, -0.2) is 0 Å². The van der Waals surface area contributed by atoms with Gasteiger partial charge in [0.05, 0.1) is 11.6 Å². The number of nitrogens with zero attached hydrogens (tertiary/aromatic N) is 3. The fourth-order valence-electron chi connectivity index (χ4n) is 1.72. The molecule has 5 heteroatoms. The van der Waals surface area contributed by atoms with Crippen LogP contribution in [-0.4, -0.2) is 15.7 Å². The molecule has 96 valence electrons. The fraction of sp³-hybridized carbons (Fsp3) is 0.214. The summed E-state index contributed by atoms with van der Waals surface area (Å²) >= 11 is 0. The van der Waals surface area contributed by atoms with Crippen molar-refractivity contribution < 1.29 is 4.79 Å². The van der Waals surface area contributed by atoms with Crippen LogP contribution in [0.5, 0.6) is 0 Å². The average molecular weight is 254 g/mol. The molecule has 1 aromatic carbocycles. The number of carbonyl (C=O) groups excluding carboxylic acids is 1. The molecular weight excluding hydrogens is 240 g/mol. The molecule has 0 radical (unpaired) electrons. The summed E-state index contributed by atoms with van der Waals surface area (Å²) in [5, 5.41) is 15.7. The van der Waals surface area contributed by atoms with E-state index >= 15 is 0 Å². The molecule has 0 spiro atoms. The van der Waals surface area contributed by atoms with Gasteiger partial charge in [0.25, 0.3) is 0 Å². The highest BCUT2D eigenvalue weighted by Crippen LogP contribution is 2.06. The van der Waals surface area contributed by atoms with E-state index in [0.29, 0.717) is 12.1 Å². The summed E-state index contributed by atoms with van der Waals surface area (Å²) in [4.78, 5) is 11.9. The Kier molecular flexibility index (Phi) is 3.94. The molecule has 1 heterocycles. The first-order chi connectivity index (χ1) is 9.20. The van der Waals surface area contributed by atoms with Crippen molar-refractivity contribution >= 4 is 5.91 Å². The van der Waals surface area contributed by atoms with Crippen molar-refractivity contribution in [2.45, 2.75) is 19.5 Å². The molecule has 1 aromatic heterocycles. The van der Waals surface area contributed by atoms with Crippen LogP contribution in [0.1, 0.15) is 24.1 Å². The summed E-state index contributed by atoms with van der Waals surface area (Å²) in [6, 6.07) is 10.7. The van der Waals surface area contributed by atoms with Crippen LogP contribution in [0.4, 0.5) is 0 Å². The largest absolute Gasteiger partial charge is 0.350 e. The first kappa shape index (κ1) is 12.8. The van der Waals surface area contributed by atoms with E-state index in [1.165, 1.54) is 0 Å². The summed E-state index contributed by atoms with van der Waals surface area (Å²) in [6.45, 7) is 2.19. The van der Waals surface area contributed by atoms with E-state index in [1.54, 1.807) is 48.3 Å². The smallest absolute Gasteiger partial charge is 0.244 e. The quantitative estimate of drug-likeness (QED) is 0.901. The molecule has 0 aliphatic heterocycles. The number of nitrogens with one attached hydrogen (secondary N) is 1. The van der Waals surface area contributed by atoms with Crippen molar-refractivity contribution in [3.8, 4) is 6.07 Å². The highest BCUT2D eigenvalue weighted by Gasteiger charge is 2.14. The SMILES string of the molecule is C[C@@H](C(=O)NCc1cccc(C#N)c1)n1cccn1. The normalized spacial score (nSPS) is 11.6. The summed E-state index contributed by atoms with van der Waals surface area (Å²) in [5.41, 5.74) is 1.49. The van der Waals surface area contributed by atoms with Gasteiger partial charge in [0.15, 0.2) is 0 Å². The summed E-state index contributed by atoms with van der Waals surface area (Å²) < 4.78 is 1.60. The van der Waals surface area contributed by atoms with Gasteiger partial charge in [-0.05, 0) is 30.7 Å². The summed E-state index contributed by atoms with van der Waals surface area (Å²) in [6.07, 6.45) is 3.39. The highest BCUT2D eigenvalue weighted by atomic mass is 16.2. The lowest BCUT2D eigenvalue weighted by Gasteiger charge is -2.12. The molecular formula is C14H14N4O. The Morgan fingerprint density at radius 2 is 2.37 bits per heavy atom. The number of nitriles is 1. The Bertz CT molecular complexity index is 598. The van der Waals surface area contributed by atoms with Crippen LogP contribution in [0, 0.1) is 11.3 Å². The molecule has 0 aliphatic carbocycles. The number of hydrogen-bond donors (Lipinski definition) is 1. The molecule has 0 saturated carbocycles. The minimum atomic E-state index is -0.353. The lowest BCUT2D eigenvalue weighted by molar-refractivity contribution is -0.124. The van der Waals surface area contributed by atoms with Crippen LogP contribution in [0.25, 0.3) is 0 Å². The monoisotopic (exact) mass is 254 g/mol. The van der Waals surface area contributed by atoms with E-state index < -0.39 is 0 Å². The molecule has 1 N–H and O–H groups in total. The van der Waals surface area contributed by atoms with Gasteiger partial charge in [-0.3, -0.25) is 9.48 Å². The lowest BCUT2D eigenvalue weighted by Crippen LogP contribution is -2.30. The van der Waals surface area contributed by atoms with E-state index in [4.69, 9.17) is 5.26 Å². The first-order valence-corrected chi connectivity index (χ1v) is 5.96. The zero-order chi connectivity index (χ0) is 13.7. The number of hydrogen-bond acceptors (Lipinski definition) is 3. The Hall–Kier alpha value is -2.61. The number of aromatic nitrogens is 2. The predicted molar refractivity (Wildman–Crippen MR) is 69.9 cm³/mol. The molecule has 1 atom stereocenters. The minimum absolute atomic E-state index is 0.105. The molecule has 19 heavy (non-hydrogen) atoms. The third-order valence-corrected chi connectivity index (χ3v) is 2.82. The van der Waals surface area contributed by atoms with E-state index in [-0.39, 0.29) is 11.9 Å². The summed E-state index contributed by atoms with van der Waals surface area (Å²) in [7, 11) is 0. The van der Waals surface area contributed by atoms with Gasteiger partial charge in [-0.15, -0.1) is 0 Å². The summed E-state index contributed by atoms with van der Waals surface area (Å²) in [5.74, 6) is -0.105. The van der Waals surface area contributed by atoms with Crippen LogP contribution in [0.3, 0.4) is 0 Å². The third-order valence-electron chi connectivity index (χ3n) is 2.82. The molecule has 0 bridgehead atoms. The lowest BCUT2D eigenvalue weighted by atomic mass is 10.1. The maximum atomic E-state index is 11.9. The second kappa shape index (κ2) is 5.83. The minimum Gasteiger partial charge on any atom is -0.350 e. The van der Waals surface area contributed by atoms with Crippen molar-refractivity contribution in [3.63, 3.8) is 0 Å². The molecule has 5 nitrogen and oxygen atoms in total. The van der Waals surface area contributed by atoms with Gasteiger partial charge in [-0.1, -0.05) is 12.1 Å². The maximum absolute atomic E-state index is 11.9. The number of carbonyl (C=O) groups is 1. The van der Waals surface area contributed by atoms with E-state index in [1.807, 2.05) is 6.07 Å². The Labute approximate surface area is 111 Å². The van der Waals surface area contributed by atoms with Crippen LogP contribution in [-0.2, 0) is 11.3 Å². The van der Waals surface area contributed by atoms with Crippen LogP contribution >= 0.6 is 0 Å². The van der Waals surface area contributed by atoms with Crippen molar-refractivity contribution in [2.75, 3.05) is 0 Å². The topological polar surface area (TPSA) is 70.7 Å². The molecule has 1 amide bonds. The van der Waals surface area contributed by atoms with Crippen molar-refractivity contribution in [1.82, 2.24) is 15.1 Å². The Morgan fingerprint density at radius 3 is 3.05 bits per heavy atom. The number of amides is 1. The second-order valence-electron chi connectivity index (χ2n) is 4.19. The molecule has 2 rings (SSSR count). The average Bonchev–Trinajstić information content (AvgIpc) is 2.98. The van der Waals surface area contributed by atoms with E-state index in [9.17, 15) is 4.79 Å². The van der Waals surface area contributed by atoms with Crippen molar-refractivity contribution in [2.24, 2.45) is 0 Å². The Morgan fingerprint density at radius 1 is 1.53 bits per heavy atom. The number of rotatable bonds is 4. The van der Waals surface area contributed by atoms with E-state index in [2.05, 4.69) is 16.5 Å². The predicted octanol–water partition coefficient (Wildman–Crippen LogP) is 1.63. The van der Waals surface area contributed by atoms with Crippen molar-refractivity contribution in [1.29, 1.82) is 5.26 Å². The van der Waals surface area contributed by atoms with Crippen LogP contribution < -0.4 is 5.32 Å². The molecule has 0 saturated heterocycles. The fourth-order valence-corrected chi connectivity index (χ4v) is 1.72. The zero-order valence-corrected chi connectivity index (χ0v) is 10.6. The molecule has 0 aliphatic rings. The van der Waals surface area contributed by atoms with Gasteiger partial charge < -0.3 is 5.32 Å². The van der Waals surface area contributed by atoms with E-state index in [0.717, 1.165) is 5.56 Å². The van der Waals surface area contributed by atoms with Gasteiger partial charge >= 0.3 is 0 Å². The van der Waals surface area contributed by atoms with Gasteiger partial charge in [0, 0.05) is 18.9 Å². The van der Waals surface area contributed by atoms with Gasteiger partial charge in [0.2, 0.25) is 5.91 Å². The van der Waals surface area contributed by atoms with Gasteiger partial charge in [-0.2, -0.15) is 10.4 Å². The maximum Gasteiger partial charge on any atom is 0.244 e. The van der Waals surface area contributed by atoms with Gasteiger partial charge in [0.1, 0.15) is 6.04 Å². The first-order valence-electron chi connectivity index (χ1n) is 5.96. The molecule has 0 unspecified atom stereocenters. The molecule has 2 aromatic rings. The van der Waals surface area contributed by atoms with Crippen LogP contribution in [0.15, 0.2) is 42.7 Å².